The molecule has 0 fully saturated rings. The Morgan fingerprint density at radius 3 is 2.45 bits per heavy atom. The van der Waals surface area contributed by atoms with E-state index in [0.717, 1.165) is 36.5 Å². The van der Waals surface area contributed by atoms with Crippen molar-refractivity contribution in [2.24, 2.45) is 0 Å². The van der Waals surface area contributed by atoms with Crippen molar-refractivity contribution >= 4 is 0 Å². The van der Waals surface area contributed by atoms with Gasteiger partial charge in [-0.25, -0.2) is 9.07 Å². The first kappa shape index (κ1) is 19.4. The van der Waals surface area contributed by atoms with E-state index in [0.29, 0.717) is 6.54 Å². The summed E-state index contributed by atoms with van der Waals surface area (Å²) in [5.74, 6) is 0.668. The summed E-state index contributed by atoms with van der Waals surface area (Å²) in [7, 11) is 0. The Hall–Kier alpha value is -3.58. The molecule has 7 heteroatoms. The lowest BCUT2D eigenvalue weighted by Crippen LogP contribution is -2.36. The quantitative estimate of drug-likeness (QED) is 0.538. The Balaban J connectivity index is 1.52. The van der Waals surface area contributed by atoms with Gasteiger partial charge < -0.3 is 5.11 Å². The summed E-state index contributed by atoms with van der Waals surface area (Å²) in [5.41, 5.74) is 4.60. The third-order valence-corrected chi connectivity index (χ3v) is 5.78. The summed E-state index contributed by atoms with van der Waals surface area (Å²) in [6.07, 6.45) is 0.949. The summed E-state index contributed by atoms with van der Waals surface area (Å²) in [5, 5.41) is 22.3. The van der Waals surface area contributed by atoms with Crippen molar-refractivity contribution in [3.63, 3.8) is 0 Å². The molecule has 3 aromatic carbocycles. The summed E-state index contributed by atoms with van der Waals surface area (Å²) in [6.45, 7) is 2.10. The molecule has 0 spiro atoms. The minimum absolute atomic E-state index is 0.176. The number of aromatic hydroxyl groups is 1. The second kappa shape index (κ2) is 8.28. The van der Waals surface area contributed by atoms with Crippen LogP contribution in [0.2, 0.25) is 0 Å². The molecule has 5 rings (SSSR count). The van der Waals surface area contributed by atoms with E-state index >= 15 is 0 Å². The second-order valence-electron chi connectivity index (χ2n) is 7.80. The zero-order valence-electron chi connectivity index (χ0n) is 16.9. The fourth-order valence-electron chi connectivity index (χ4n) is 4.20. The van der Waals surface area contributed by atoms with Crippen molar-refractivity contribution in [2.75, 3.05) is 6.54 Å². The number of hydrogen-bond acceptors (Lipinski definition) is 5. The van der Waals surface area contributed by atoms with Crippen molar-refractivity contribution in [2.45, 2.75) is 25.6 Å². The Morgan fingerprint density at radius 2 is 1.68 bits per heavy atom. The number of fused-ring (bicyclic) bond motifs is 1. The average Bonchev–Trinajstić information content (AvgIpc) is 3.24. The predicted molar refractivity (Wildman–Crippen MR) is 114 cm³/mol. The summed E-state index contributed by atoms with van der Waals surface area (Å²) in [6, 6.07) is 21.9. The lowest BCUT2D eigenvalue weighted by atomic mass is 9.96. The molecule has 0 saturated carbocycles. The van der Waals surface area contributed by atoms with Gasteiger partial charge in [0.1, 0.15) is 11.6 Å². The molecule has 31 heavy (non-hydrogen) atoms. The van der Waals surface area contributed by atoms with Crippen molar-refractivity contribution < 1.29 is 9.50 Å². The average molecular weight is 415 g/mol. The molecule has 2 heterocycles. The van der Waals surface area contributed by atoms with Crippen molar-refractivity contribution in [1.82, 2.24) is 25.1 Å². The molecule has 4 aromatic rings. The SMILES string of the molecule is Oc1ccc([C@H](c2nnnn2Cc2ccc(F)cc2)N2CCc3ccccc3C2)cc1. The zero-order valence-corrected chi connectivity index (χ0v) is 16.9. The molecule has 1 N–H and O–H groups in total. The molecule has 6 nitrogen and oxygen atoms in total. The predicted octanol–water partition coefficient (Wildman–Crippen LogP) is 3.71. The largest absolute Gasteiger partial charge is 0.508 e. The second-order valence-corrected chi connectivity index (χ2v) is 7.80. The van der Waals surface area contributed by atoms with Crippen LogP contribution in [-0.2, 0) is 19.5 Å². The van der Waals surface area contributed by atoms with Crippen LogP contribution in [0.3, 0.4) is 0 Å². The van der Waals surface area contributed by atoms with Gasteiger partial charge in [-0.15, -0.1) is 5.10 Å². The van der Waals surface area contributed by atoms with Crippen LogP contribution in [0.25, 0.3) is 0 Å². The maximum atomic E-state index is 13.3. The number of nitrogens with zero attached hydrogens (tertiary/aromatic N) is 5. The van der Waals surface area contributed by atoms with Crippen LogP contribution >= 0.6 is 0 Å². The van der Waals surface area contributed by atoms with Gasteiger partial charge in [0.05, 0.1) is 12.6 Å². The number of tetrazole rings is 1. The molecule has 156 valence electrons. The number of benzene rings is 3. The fourth-order valence-corrected chi connectivity index (χ4v) is 4.20. The first-order valence-corrected chi connectivity index (χ1v) is 10.3. The van der Waals surface area contributed by atoms with Crippen LogP contribution in [0.4, 0.5) is 4.39 Å². The van der Waals surface area contributed by atoms with Gasteiger partial charge in [0, 0.05) is 13.1 Å². The number of aromatic nitrogens is 4. The van der Waals surface area contributed by atoms with Crippen LogP contribution < -0.4 is 0 Å². The van der Waals surface area contributed by atoms with E-state index in [1.807, 2.05) is 12.1 Å². The van der Waals surface area contributed by atoms with Crippen molar-refractivity contribution in [3.8, 4) is 5.75 Å². The highest BCUT2D eigenvalue weighted by Crippen LogP contribution is 2.32. The van der Waals surface area contributed by atoms with Crippen molar-refractivity contribution in [3.05, 3.63) is 107 Å². The van der Waals surface area contributed by atoms with Gasteiger partial charge in [-0.2, -0.15) is 0 Å². The van der Waals surface area contributed by atoms with E-state index in [-0.39, 0.29) is 17.6 Å². The third-order valence-electron chi connectivity index (χ3n) is 5.78. The van der Waals surface area contributed by atoms with Crippen LogP contribution in [0.15, 0.2) is 72.8 Å². The normalized spacial score (nSPS) is 14.9. The molecule has 1 aliphatic heterocycles. The number of phenolic OH excluding ortho intramolecular Hbond substituents is 1. The lowest BCUT2D eigenvalue weighted by molar-refractivity contribution is 0.195. The van der Waals surface area contributed by atoms with E-state index in [1.165, 1.54) is 23.3 Å². The molecule has 0 saturated heterocycles. The van der Waals surface area contributed by atoms with E-state index in [1.54, 1.807) is 28.9 Å². The number of halogens is 1. The standard InChI is InChI=1S/C24H22FN5O/c25-21-9-5-17(6-10-21)15-30-24(26-27-28-30)23(19-7-11-22(31)12-8-19)29-14-13-18-3-1-2-4-20(18)16-29/h1-12,23,31H,13-16H2/t23-/m1/s1. The Bertz CT molecular complexity index is 1170. The minimum Gasteiger partial charge on any atom is -0.508 e. The maximum Gasteiger partial charge on any atom is 0.173 e. The third kappa shape index (κ3) is 4.04. The van der Waals surface area contributed by atoms with Crippen LogP contribution in [-0.4, -0.2) is 36.8 Å². The molecule has 0 amide bonds. The highest BCUT2D eigenvalue weighted by Gasteiger charge is 2.30. The van der Waals surface area contributed by atoms with E-state index in [4.69, 9.17) is 0 Å². The molecule has 0 bridgehead atoms. The fraction of sp³-hybridized carbons (Fsp3) is 0.208. The molecule has 1 aromatic heterocycles. The summed E-state index contributed by atoms with van der Waals surface area (Å²) >= 11 is 0. The molecule has 0 radical (unpaired) electrons. The molecular formula is C24H22FN5O. The lowest BCUT2D eigenvalue weighted by Gasteiger charge is -2.35. The molecule has 0 unspecified atom stereocenters. The van der Waals surface area contributed by atoms with Gasteiger partial charge in [0.25, 0.3) is 0 Å². The molecular weight excluding hydrogens is 393 g/mol. The molecule has 0 aliphatic carbocycles. The first-order valence-electron chi connectivity index (χ1n) is 10.3. The maximum absolute atomic E-state index is 13.3. The Labute approximate surface area is 179 Å². The van der Waals surface area contributed by atoms with Crippen molar-refractivity contribution in [1.29, 1.82) is 0 Å². The Kier molecular flexibility index (Phi) is 5.18. The summed E-state index contributed by atoms with van der Waals surface area (Å²) in [4.78, 5) is 2.36. The number of rotatable bonds is 5. The molecule has 1 aliphatic rings. The zero-order chi connectivity index (χ0) is 21.2. The number of phenols is 1. The van der Waals surface area contributed by atoms with Gasteiger partial charge >= 0.3 is 0 Å². The molecule has 1 atom stereocenters. The van der Waals surface area contributed by atoms with E-state index < -0.39 is 0 Å². The Morgan fingerprint density at radius 1 is 0.935 bits per heavy atom. The first-order chi connectivity index (χ1) is 15.2. The van der Waals surface area contributed by atoms with Gasteiger partial charge in [-0.3, -0.25) is 4.90 Å². The van der Waals surface area contributed by atoms with Gasteiger partial charge in [0.15, 0.2) is 5.82 Å². The minimum atomic E-state index is -0.269. The highest BCUT2D eigenvalue weighted by atomic mass is 19.1. The van der Waals surface area contributed by atoms with Crippen LogP contribution in [0.1, 0.15) is 34.1 Å². The van der Waals surface area contributed by atoms with E-state index in [2.05, 4.69) is 44.7 Å². The van der Waals surface area contributed by atoms with Gasteiger partial charge in [-0.05, 0) is 63.4 Å². The smallest absolute Gasteiger partial charge is 0.173 e. The van der Waals surface area contributed by atoms with Crippen LogP contribution in [0, 0.1) is 5.82 Å². The number of hydrogen-bond donors (Lipinski definition) is 1. The topological polar surface area (TPSA) is 67.1 Å². The summed E-state index contributed by atoms with van der Waals surface area (Å²) < 4.78 is 15.1. The highest BCUT2D eigenvalue weighted by molar-refractivity contribution is 5.34. The monoisotopic (exact) mass is 415 g/mol. The van der Waals surface area contributed by atoms with Gasteiger partial charge in [-0.1, -0.05) is 48.5 Å². The van der Waals surface area contributed by atoms with E-state index in [9.17, 15) is 9.50 Å². The van der Waals surface area contributed by atoms with Crippen LogP contribution in [0.5, 0.6) is 5.75 Å². The van der Waals surface area contributed by atoms with Gasteiger partial charge in [0.2, 0.25) is 0 Å².